The van der Waals surface area contributed by atoms with Gasteiger partial charge in [0.1, 0.15) is 13.2 Å². The Kier molecular flexibility index (Phi) is 5.80. The fourth-order valence-corrected chi connectivity index (χ4v) is 2.87. The topological polar surface area (TPSA) is 68.8 Å². The predicted molar refractivity (Wildman–Crippen MR) is 90.5 cm³/mol. The van der Waals surface area contributed by atoms with Gasteiger partial charge in [0.15, 0.2) is 11.5 Å². The van der Waals surface area contributed by atoms with Gasteiger partial charge in [-0.05, 0) is 49.8 Å². The van der Waals surface area contributed by atoms with Gasteiger partial charge < -0.3 is 24.8 Å². The molecule has 1 atom stereocenters. The van der Waals surface area contributed by atoms with Crippen molar-refractivity contribution in [3.8, 4) is 11.5 Å². The van der Waals surface area contributed by atoms with E-state index >= 15 is 0 Å². The molecule has 1 fully saturated rings. The third kappa shape index (κ3) is 4.54. The van der Waals surface area contributed by atoms with Gasteiger partial charge in [-0.2, -0.15) is 0 Å². The standard InChI is InChI=1S/C18H26N2O4/c1-2-22-9-3-8-19-18(21)20-17(13-4-5-13)14-6-7-15-16(12-14)24-11-10-23-15/h6-7,12-13,17H,2-5,8-11H2,1H3,(H2,19,20,21). The average molecular weight is 334 g/mol. The number of carbonyl (C=O) groups excluding carboxylic acids is 1. The Bertz CT molecular complexity index is 560. The Morgan fingerprint density at radius 1 is 1.29 bits per heavy atom. The fourth-order valence-electron chi connectivity index (χ4n) is 2.87. The number of urea groups is 1. The van der Waals surface area contributed by atoms with Gasteiger partial charge in [0.2, 0.25) is 0 Å². The number of fused-ring (bicyclic) bond motifs is 1. The van der Waals surface area contributed by atoms with Crippen LogP contribution in [0.2, 0.25) is 0 Å². The van der Waals surface area contributed by atoms with Crippen molar-refractivity contribution in [3.05, 3.63) is 23.8 Å². The van der Waals surface area contributed by atoms with Crippen LogP contribution in [0.15, 0.2) is 18.2 Å². The zero-order chi connectivity index (χ0) is 16.8. The van der Waals surface area contributed by atoms with Crippen molar-refractivity contribution >= 4 is 6.03 Å². The molecule has 1 heterocycles. The number of nitrogens with one attached hydrogen (secondary N) is 2. The third-order valence-electron chi connectivity index (χ3n) is 4.26. The lowest BCUT2D eigenvalue weighted by Gasteiger charge is -2.23. The molecule has 1 aromatic carbocycles. The molecule has 2 aliphatic rings. The smallest absolute Gasteiger partial charge is 0.315 e. The summed E-state index contributed by atoms with van der Waals surface area (Å²) in [6.45, 7) is 5.11. The molecule has 24 heavy (non-hydrogen) atoms. The van der Waals surface area contributed by atoms with Gasteiger partial charge in [-0.25, -0.2) is 4.79 Å². The Morgan fingerprint density at radius 3 is 2.83 bits per heavy atom. The highest BCUT2D eigenvalue weighted by atomic mass is 16.6. The molecule has 0 bridgehead atoms. The minimum Gasteiger partial charge on any atom is -0.486 e. The third-order valence-corrected chi connectivity index (χ3v) is 4.26. The monoisotopic (exact) mass is 334 g/mol. The molecule has 1 saturated carbocycles. The zero-order valence-corrected chi connectivity index (χ0v) is 14.2. The van der Waals surface area contributed by atoms with Crippen molar-refractivity contribution in [2.75, 3.05) is 33.0 Å². The van der Waals surface area contributed by atoms with E-state index in [1.54, 1.807) is 0 Å². The van der Waals surface area contributed by atoms with E-state index in [-0.39, 0.29) is 12.1 Å². The van der Waals surface area contributed by atoms with Crippen LogP contribution in [-0.4, -0.2) is 39.0 Å². The molecule has 1 aromatic rings. The fraction of sp³-hybridized carbons (Fsp3) is 0.611. The molecule has 132 valence electrons. The second-order valence-corrected chi connectivity index (χ2v) is 6.17. The molecule has 0 spiro atoms. The largest absolute Gasteiger partial charge is 0.486 e. The summed E-state index contributed by atoms with van der Waals surface area (Å²) in [4.78, 5) is 12.2. The average Bonchev–Trinajstić information content (AvgIpc) is 3.44. The summed E-state index contributed by atoms with van der Waals surface area (Å²) in [5.41, 5.74) is 1.08. The lowest BCUT2D eigenvalue weighted by Crippen LogP contribution is -2.39. The van der Waals surface area contributed by atoms with Crippen LogP contribution >= 0.6 is 0 Å². The highest BCUT2D eigenvalue weighted by molar-refractivity contribution is 5.74. The summed E-state index contributed by atoms with van der Waals surface area (Å²) in [7, 11) is 0. The molecule has 0 radical (unpaired) electrons. The minimum absolute atomic E-state index is 0.0210. The van der Waals surface area contributed by atoms with Crippen molar-refractivity contribution in [2.45, 2.75) is 32.2 Å². The summed E-state index contributed by atoms with van der Waals surface area (Å²) in [6, 6.07) is 5.84. The van der Waals surface area contributed by atoms with Gasteiger partial charge in [-0.1, -0.05) is 6.07 Å². The van der Waals surface area contributed by atoms with Crippen molar-refractivity contribution in [2.24, 2.45) is 5.92 Å². The van der Waals surface area contributed by atoms with E-state index < -0.39 is 0 Å². The Hall–Kier alpha value is -1.95. The molecule has 2 amide bonds. The molecule has 0 aromatic heterocycles. The summed E-state index contributed by atoms with van der Waals surface area (Å²) in [5.74, 6) is 2.05. The molecular weight excluding hydrogens is 308 g/mol. The van der Waals surface area contributed by atoms with Crippen molar-refractivity contribution in [1.82, 2.24) is 10.6 Å². The maximum Gasteiger partial charge on any atom is 0.315 e. The number of benzene rings is 1. The first-order valence-corrected chi connectivity index (χ1v) is 8.79. The zero-order valence-electron chi connectivity index (χ0n) is 14.2. The summed E-state index contributed by atoms with van der Waals surface area (Å²) in [6.07, 6.45) is 3.10. The molecule has 6 heteroatoms. The molecule has 6 nitrogen and oxygen atoms in total. The highest BCUT2D eigenvalue weighted by Gasteiger charge is 2.34. The summed E-state index contributed by atoms with van der Waals surface area (Å²) >= 11 is 0. The van der Waals surface area contributed by atoms with Gasteiger partial charge in [0, 0.05) is 19.8 Å². The van der Waals surface area contributed by atoms with Crippen LogP contribution in [-0.2, 0) is 4.74 Å². The number of carbonyl (C=O) groups is 1. The maximum absolute atomic E-state index is 12.2. The normalized spacial score (nSPS) is 17.2. The van der Waals surface area contributed by atoms with Crippen molar-refractivity contribution in [3.63, 3.8) is 0 Å². The lowest BCUT2D eigenvalue weighted by atomic mass is 10.0. The second-order valence-electron chi connectivity index (χ2n) is 6.17. The van der Waals surface area contributed by atoms with Crippen molar-refractivity contribution in [1.29, 1.82) is 0 Å². The van der Waals surface area contributed by atoms with E-state index in [0.29, 0.717) is 38.9 Å². The maximum atomic E-state index is 12.2. The number of amides is 2. The van der Waals surface area contributed by atoms with Crippen LogP contribution < -0.4 is 20.1 Å². The molecule has 2 N–H and O–H groups in total. The van der Waals surface area contributed by atoms with Crippen LogP contribution in [0, 0.1) is 5.92 Å². The molecule has 1 aliphatic carbocycles. The first kappa shape index (κ1) is 16.9. The van der Waals surface area contributed by atoms with Crippen LogP contribution in [0.3, 0.4) is 0 Å². The van der Waals surface area contributed by atoms with E-state index in [1.807, 2.05) is 25.1 Å². The SMILES string of the molecule is CCOCCCNC(=O)NC(c1ccc2c(c1)OCCO2)C1CC1. The molecule has 0 saturated heterocycles. The number of hydrogen-bond acceptors (Lipinski definition) is 4. The van der Waals surface area contributed by atoms with E-state index in [2.05, 4.69) is 10.6 Å². The Morgan fingerprint density at radius 2 is 2.08 bits per heavy atom. The number of rotatable bonds is 8. The Balaban J connectivity index is 1.56. The van der Waals surface area contributed by atoms with Crippen LogP contribution in [0.1, 0.15) is 37.8 Å². The minimum atomic E-state index is -0.127. The van der Waals surface area contributed by atoms with Gasteiger partial charge in [-0.15, -0.1) is 0 Å². The first-order chi connectivity index (χ1) is 11.8. The molecular formula is C18H26N2O4. The van der Waals surface area contributed by atoms with E-state index in [1.165, 1.54) is 0 Å². The van der Waals surface area contributed by atoms with E-state index in [4.69, 9.17) is 14.2 Å². The first-order valence-electron chi connectivity index (χ1n) is 8.79. The summed E-state index contributed by atoms with van der Waals surface area (Å²) in [5, 5.41) is 6.01. The van der Waals surface area contributed by atoms with Crippen LogP contribution in [0.5, 0.6) is 11.5 Å². The highest BCUT2D eigenvalue weighted by Crippen LogP contribution is 2.43. The lowest BCUT2D eigenvalue weighted by molar-refractivity contribution is 0.145. The van der Waals surface area contributed by atoms with Gasteiger partial charge in [-0.3, -0.25) is 0 Å². The van der Waals surface area contributed by atoms with E-state index in [0.717, 1.165) is 36.3 Å². The molecule has 1 aliphatic heterocycles. The molecule has 3 rings (SSSR count). The van der Waals surface area contributed by atoms with Crippen LogP contribution in [0.25, 0.3) is 0 Å². The summed E-state index contributed by atoms with van der Waals surface area (Å²) < 4.78 is 16.5. The van der Waals surface area contributed by atoms with Crippen LogP contribution in [0.4, 0.5) is 4.79 Å². The van der Waals surface area contributed by atoms with Gasteiger partial charge in [0.05, 0.1) is 6.04 Å². The van der Waals surface area contributed by atoms with Gasteiger partial charge >= 0.3 is 6.03 Å². The van der Waals surface area contributed by atoms with E-state index in [9.17, 15) is 4.79 Å². The van der Waals surface area contributed by atoms with Gasteiger partial charge in [0.25, 0.3) is 0 Å². The number of hydrogen-bond donors (Lipinski definition) is 2. The van der Waals surface area contributed by atoms with Crippen molar-refractivity contribution < 1.29 is 19.0 Å². The quantitative estimate of drug-likeness (QED) is 0.717. The number of ether oxygens (including phenoxy) is 3. The second kappa shape index (κ2) is 8.24. The predicted octanol–water partition coefficient (Wildman–Crippen LogP) is 2.63. The molecule has 1 unspecified atom stereocenters. The Labute approximate surface area is 142 Å².